The van der Waals surface area contributed by atoms with Gasteiger partial charge in [-0.3, -0.25) is 0 Å². The zero-order valence-corrected chi connectivity index (χ0v) is 10.4. The second kappa shape index (κ2) is 4.82. The highest BCUT2D eigenvalue weighted by atomic mass is 14.3. The van der Waals surface area contributed by atoms with E-state index in [4.69, 9.17) is 0 Å². The molecule has 1 fully saturated rings. The molecule has 0 N–H and O–H groups in total. The van der Waals surface area contributed by atoms with Gasteiger partial charge in [0.1, 0.15) is 0 Å². The molecule has 0 radical (unpaired) electrons. The van der Waals surface area contributed by atoms with E-state index in [9.17, 15) is 0 Å². The monoisotopic (exact) mass is 192 g/mol. The molecule has 0 bridgehead atoms. The van der Waals surface area contributed by atoms with E-state index >= 15 is 0 Å². The predicted octanol–water partition coefficient (Wildman–Crippen LogP) is 4.87. The third-order valence-corrected chi connectivity index (χ3v) is 3.31. The lowest BCUT2D eigenvalue weighted by atomic mass is 9.94. The quantitative estimate of drug-likeness (QED) is 0.557. The minimum atomic E-state index is 1.05. The molecule has 0 aromatic carbocycles. The van der Waals surface area contributed by atoms with E-state index < -0.39 is 0 Å². The minimum absolute atomic E-state index is 1.05. The lowest BCUT2D eigenvalue weighted by Gasteiger charge is -2.12. The van der Waals surface area contributed by atoms with Gasteiger partial charge in [-0.15, -0.1) is 0 Å². The van der Waals surface area contributed by atoms with Gasteiger partial charge in [0, 0.05) is 0 Å². The topological polar surface area (TPSA) is 0 Å². The van der Waals surface area contributed by atoms with E-state index in [2.05, 4.69) is 34.6 Å². The van der Waals surface area contributed by atoms with E-state index in [1.54, 1.807) is 5.57 Å². The van der Waals surface area contributed by atoms with Crippen LogP contribution in [0.4, 0.5) is 0 Å². The summed E-state index contributed by atoms with van der Waals surface area (Å²) in [5.41, 5.74) is 6.10. The van der Waals surface area contributed by atoms with E-state index in [1.165, 1.54) is 42.4 Å². The van der Waals surface area contributed by atoms with Crippen LogP contribution in [0.3, 0.4) is 0 Å². The van der Waals surface area contributed by atoms with E-state index in [0.29, 0.717) is 0 Å². The third kappa shape index (κ3) is 3.32. The van der Waals surface area contributed by atoms with Crippen molar-refractivity contribution in [2.75, 3.05) is 0 Å². The molecule has 14 heavy (non-hydrogen) atoms. The average Bonchev–Trinajstić information content (AvgIpc) is 2.87. The van der Waals surface area contributed by atoms with Crippen LogP contribution in [0.2, 0.25) is 0 Å². The van der Waals surface area contributed by atoms with Crippen LogP contribution < -0.4 is 0 Å². The Hall–Kier alpha value is -0.520. The first-order chi connectivity index (χ1) is 6.52. The van der Waals surface area contributed by atoms with Crippen LogP contribution >= 0.6 is 0 Å². The van der Waals surface area contributed by atoms with Crippen molar-refractivity contribution in [2.24, 2.45) is 5.92 Å². The summed E-state index contributed by atoms with van der Waals surface area (Å²) < 4.78 is 0. The van der Waals surface area contributed by atoms with Crippen LogP contribution in [0.5, 0.6) is 0 Å². The molecular weight excluding hydrogens is 168 g/mol. The van der Waals surface area contributed by atoms with Gasteiger partial charge in [-0.2, -0.15) is 0 Å². The van der Waals surface area contributed by atoms with Crippen LogP contribution in [0.25, 0.3) is 0 Å². The molecule has 0 nitrogen and oxygen atoms in total. The lowest BCUT2D eigenvalue weighted by molar-refractivity contribution is 0.719. The second-order valence-corrected chi connectivity index (χ2v) is 5.09. The SMILES string of the molecule is CC(C)=C(C)C(CCC1CC1)=C(C)C. The zero-order chi connectivity index (χ0) is 10.7. The maximum absolute atomic E-state index is 2.27. The Balaban J connectivity index is 2.64. The number of rotatable bonds is 4. The smallest absolute Gasteiger partial charge is 0.0274 e. The van der Waals surface area contributed by atoms with Crippen molar-refractivity contribution < 1.29 is 0 Å². The Labute approximate surface area is 89.1 Å². The van der Waals surface area contributed by atoms with Crippen LogP contribution in [0.15, 0.2) is 22.3 Å². The molecule has 0 saturated heterocycles. The van der Waals surface area contributed by atoms with Gasteiger partial charge in [-0.05, 0) is 64.5 Å². The lowest BCUT2D eigenvalue weighted by Crippen LogP contribution is -1.93. The molecule has 0 aromatic rings. The molecule has 0 unspecified atom stereocenters. The van der Waals surface area contributed by atoms with Gasteiger partial charge < -0.3 is 0 Å². The fourth-order valence-corrected chi connectivity index (χ4v) is 1.87. The van der Waals surface area contributed by atoms with E-state index in [1.807, 2.05) is 0 Å². The summed E-state index contributed by atoms with van der Waals surface area (Å²) in [7, 11) is 0. The number of hydrogen-bond donors (Lipinski definition) is 0. The largest absolute Gasteiger partial charge is 0.0732 e. The summed E-state index contributed by atoms with van der Waals surface area (Å²) in [5, 5.41) is 0. The van der Waals surface area contributed by atoms with Crippen molar-refractivity contribution in [1.82, 2.24) is 0 Å². The molecule has 1 aliphatic carbocycles. The molecule has 0 aliphatic heterocycles. The minimum Gasteiger partial charge on any atom is -0.0732 e. The van der Waals surface area contributed by atoms with Gasteiger partial charge in [0.2, 0.25) is 0 Å². The first-order valence-electron chi connectivity index (χ1n) is 5.83. The highest BCUT2D eigenvalue weighted by Gasteiger charge is 2.21. The highest BCUT2D eigenvalue weighted by Crippen LogP contribution is 2.36. The molecule has 1 saturated carbocycles. The number of allylic oxidation sites excluding steroid dienone is 4. The van der Waals surface area contributed by atoms with Crippen molar-refractivity contribution >= 4 is 0 Å². The summed E-state index contributed by atoms with van der Waals surface area (Å²) in [4.78, 5) is 0. The summed E-state index contributed by atoms with van der Waals surface area (Å²) >= 11 is 0. The molecule has 0 amide bonds. The summed E-state index contributed by atoms with van der Waals surface area (Å²) in [5.74, 6) is 1.05. The van der Waals surface area contributed by atoms with Gasteiger partial charge in [0.25, 0.3) is 0 Å². The average molecular weight is 192 g/mol. The second-order valence-electron chi connectivity index (χ2n) is 5.09. The number of hydrogen-bond acceptors (Lipinski definition) is 0. The molecule has 1 aliphatic rings. The Kier molecular flexibility index (Phi) is 3.97. The van der Waals surface area contributed by atoms with Crippen molar-refractivity contribution in [2.45, 2.75) is 60.3 Å². The van der Waals surface area contributed by atoms with Gasteiger partial charge >= 0.3 is 0 Å². The molecule has 0 heterocycles. The van der Waals surface area contributed by atoms with Gasteiger partial charge in [-0.1, -0.05) is 24.0 Å². The van der Waals surface area contributed by atoms with Crippen molar-refractivity contribution in [3.63, 3.8) is 0 Å². The maximum Gasteiger partial charge on any atom is -0.0274 e. The van der Waals surface area contributed by atoms with Crippen LogP contribution in [0.1, 0.15) is 60.3 Å². The summed E-state index contributed by atoms with van der Waals surface area (Å²) in [6.45, 7) is 11.2. The summed E-state index contributed by atoms with van der Waals surface area (Å²) in [6, 6.07) is 0. The fourth-order valence-electron chi connectivity index (χ4n) is 1.87. The van der Waals surface area contributed by atoms with Crippen LogP contribution in [0, 0.1) is 5.92 Å². The molecule has 0 atom stereocenters. The molecular formula is C14H24. The normalized spacial score (nSPS) is 15.2. The molecule has 0 heteroatoms. The van der Waals surface area contributed by atoms with E-state index in [-0.39, 0.29) is 0 Å². The van der Waals surface area contributed by atoms with Gasteiger partial charge in [-0.25, -0.2) is 0 Å². The zero-order valence-electron chi connectivity index (χ0n) is 10.4. The van der Waals surface area contributed by atoms with Gasteiger partial charge in [0.05, 0.1) is 0 Å². The highest BCUT2D eigenvalue weighted by molar-refractivity contribution is 5.35. The molecule has 80 valence electrons. The molecule has 0 spiro atoms. The Bertz CT molecular complexity index is 254. The van der Waals surface area contributed by atoms with Crippen LogP contribution in [-0.4, -0.2) is 0 Å². The third-order valence-electron chi connectivity index (χ3n) is 3.31. The van der Waals surface area contributed by atoms with Crippen molar-refractivity contribution in [3.8, 4) is 0 Å². The molecule has 1 rings (SSSR count). The van der Waals surface area contributed by atoms with Crippen LogP contribution in [-0.2, 0) is 0 Å². The predicted molar refractivity (Wildman–Crippen MR) is 64.4 cm³/mol. The Morgan fingerprint density at radius 2 is 1.50 bits per heavy atom. The Morgan fingerprint density at radius 3 is 1.86 bits per heavy atom. The molecule has 0 aromatic heterocycles. The van der Waals surface area contributed by atoms with Crippen molar-refractivity contribution in [3.05, 3.63) is 22.3 Å². The summed E-state index contributed by atoms with van der Waals surface area (Å²) in [6.07, 6.45) is 5.66. The van der Waals surface area contributed by atoms with Crippen molar-refractivity contribution in [1.29, 1.82) is 0 Å². The fraction of sp³-hybridized carbons (Fsp3) is 0.714. The first kappa shape index (κ1) is 11.6. The Morgan fingerprint density at radius 1 is 0.929 bits per heavy atom. The van der Waals surface area contributed by atoms with E-state index in [0.717, 1.165) is 5.92 Å². The standard InChI is InChI=1S/C14H24/c1-10(2)12(5)14(11(3)4)9-8-13-6-7-13/h13H,6-9H2,1-5H3. The maximum atomic E-state index is 2.27. The first-order valence-corrected chi connectivity index (χ1v) is 5.83. The van der Waals surface area contributed by atoms with Gasteiger partial charge in [0.15, 0.2) is 0 Å².